The van der Waals surface area contributed by atoms with E-state index in [1.165, 1.54) is 5.56 Å². The molecule has 0 saturated carbocycles. The average molecular weight is 691 g/mol. The van der Waals surface area contributed by atoms with Gasteiger partial charge in [-0.2, -0.15) is 31.3 Å². The molecular weight excluding hydrogens is 662 g/mol. The van der Waals surface area contributed by atoms with Crippen LogP contribution in [0.25, 0.3) is 0 Å². The third kappa shape index (κ3) is 12.2. The molecule has 0 unspecified atom stereocenters. The molecule has 3 aromatic rings. The number of carboxylic acid groups (broad SMARTS) is 2. The number of carbonyl (C=O) groups excluding carboxylic acids is 1. The second-order valence-electron chi connectivity index (χ2n) is 10.3. The molecule has 0 radical (unpaired) electrons. The topological polar surface area (TPSA) is 166 Å². The number of rotatable bonds is 3. The summed E-state index contributed by atoms with van der Waals surface area (Å²) < 4.78 is 63.5. The van der Waals surface area contributed by atoms with Crippen molar-refractivity contribution in [3.05, 3.63) is 64.8 Å². The summed E-state index contributed by atoms with van der Waals surface area (Å²) in [6, 6.07) is 14.2. The molecule has 2 aliphatic heterocycles. The number of aryl methyl sites for hydroxylation is 2. The van der Waals surface area contributed by atoms with E-state index in [0.29, 0.717) is 29.1 Å². The highest BCUT2D eigenvalue weighted by Gasteiger charge is 2.38. The van der Waals surface area contributed by atoms with E-state index in [2.05, 4.69) is 49.4 Å². The summed E-state index contributed by atoms with van der Waals surface area (Å²) in [5.74, 6) is -3.99. The fourth-order valence-electron chi connectivity index (χ4n) is 4.41. The largest absolute Gasteiger partial charge is 0.490 e. The van der Waals surface area contributed by atoms with E-state index in [9.17, 15) is 31.1 Å². The van der Waals surface area contributed by atoms with Crippen LogP contribution in [0.4, 0.5) is 55.2 Å². The first-order valence-electron chi connectivity index (χ1n) is 13.9. The van der Waals surface area contributed by atoms with Gasteiger partial charge >= 0.3 is 24.3 Å². The van der Waals surface area contributed by atoms with Crippen molar-refractivity contribution in [2.45, 2.75) is 44.5 Å². The highest BCUT2D eigenvalue weighted by molar-refractivity contribution is 6.32. The maximum atomic E-state index is 12.8. The van der Waals surface area contributed by atoms with Crippen LogP contribution in [-0.2, 0) is 27.2 Å². The number of aromatic nitrogens is 2. The summed E-state index contributed by atoms with van der Waals surface area (Å²) in [7, 11) is 0. The molecule has 1 amide bonds. The number of amides is 1. The van der Waals surface area contributed by atoms with E-state index in [-0.39, 0.29) is 5.91 Å². The number of nitrogens with zero attached hydrogens (tertiary/aromatic N) is 2. The number of benzene rings is 2. The number of piperidine rings is 1. The van der Waals surface area contributed by atoms with Crippen LogP contribution >= 0.6 is 11.6 Å². The van der Waals surface area contributed by atoms with Crippen molar-refractivity contribution in [3.63, 3.8) is 0 Å². The molecule has 3 heterocycles. The Balaban J connectivity index is 0.000000360. The number of halogens is 7. The van der Waals surface area contributed by atoms with Gasteiger partial charge in [-0.25, -0.2) is 14.6 Å². The molecule has 2 aromatic carbocycles. The lowest BCUT2D eigenvalue weighted by Gasteiger charge is -2.22. The summed E-state index contributed by atoms with van der Waals surface area (Å²) in [5, 5.41) is 27.8. The van der Waals surface area contributed by atoms with Gasteiger partial charge in [-0.3, -0.25) is 4.79 Å². The number of aliphatic carboxylic acids is 2. The summed E-state index contributed by atoms with van der Waals surface area (Å²) in [5.41, 5.74) is 4.90. The van der Waals surface area contributed by atoms with Gasteiger partial charge in [0.25, 0.3) is 0 Å². The Kier molecular flexibility index (Phi) is 12.7. The molecule has 18 heteroatoms. The standard InChI is InChI=1S/C25H27ClN6O.2C2HF3O2/c26-21-15-28-25-30-19-3-1-2-16(12-19)4-5-18-14-20(29-24(21)32-25)6-7-22(18)31-23(33)13-17-8-10-27-11-9-17;2*3-2(4,5)1(6)7/h1-3,6-7,12,14-15,17,27H,4-5,8-11,13H2,(H,31,33)(H2,28,29,30,32);2*(H,6,7). The molecule has 2 aliphatic rings. The van der Waals surface area contributed by atoms with Crippen molar-refractivity contribution >= 4 is 58.3 Å². The zero-order valence-electron chi connectivity index (χ0n) is 24.3. The number of hydrogen-bond acceptors (Lipinski definition) is 8. The van der Waals surface area contributed by atoms with Gasteiger partial charge in [0.1, 0.15) is 5.02 Å². The molecule has 0 aliphatic carbocycles. The molecule has 47 heavy (non-hydrogen) atoms. The molecule has 1 saturated heterocycles. The maximum absolute atomic E-state index is 12.8. The number of carboxylic acids is 2. The zero-order valence-corrected chi connectivity index (χ0v) is 25.1. The molecule has 6 bridgehead atoms. The Labute approximate surface area is 268 Å². The molecule has 254 valence electrons. The van der Waals surface area contributed by atoms with E-state index in [1.807, 2.05) is 24.3 Å². The van der Waals surface area contributed by atoms with Crippen molar-refractivity contribution in [1.82, 2.24) is 15.3 Å². The predicted octanol–water partition coefficient (Wildman–Crippen LogP) is 6.31. The lowest BCUT2D eigenvalue weighted by molar-refractivity contribution is -0.193. The molecular formula is C29H29ClF6N6O5. The lowest BCUT2D eigenvalue weighted by Crippen LogP contribution is -2.30. The van der Waals surface area contributed by atoms with E-state index < -0.39 is 24.3 Å². The van der Waals surface area contributed by atoms with Gasteiger partial charge < -0.3 is 31.5 Å². The van der Waals surface area contributed by atoms with E-state index in [0.717, 1.165) is 61.4 Å². The smallest absolute Gasteiger partial charge is 0.475 e. The van der Waals surface area contributed by atoms with Gasteiger partial charge in [0, 0.05) is 23.5 Å². The minimum atomic E-state index is -5.08. The molecule has 5 rings (SSSR count). The van der Waals surface area contributed by atoms with Crippen LogP contribution in [0.3, 0.4) is 0 Å². The van der Waals surface area contributed by atoms with Gasteiger partial charge in [0.05, 0.1) is 6.20 Å². The minimum Gasteiger partial charge on any atom is -0.475 e. The fraction of sp³-hybridized carbons (Fsp3) is 0.345. The molecule has 0 spiro atoms. The van der Waals surface area contributed by atoms with Crippen molar-refractivity contribution in [2.24, 2.45) is 5.92 Å². The van der Waals surface area contributed by atoms with E-state index in [4.69, 9.17) is 31.4 Å². The number of alkyl halides is 6. The Morgan fingerprint density at radius 2 is 1.51 bits per heavy atom. The summed E-state index contributed by atoms with van der Waals surface area (Å²) in [6.07, 6.45) is -4.29. The number of nitrogens with one attached hydrogen (secondary N) is 4. The van der Waals surface area contributed by atoms with Crippen molar-refractivity contribution < 1.29 is 50.9 Å². The zero-order chi connectivity index (χ0) is 34.8. The van der Waals surface area contributed by atoms with E-state index >= 15 is 0 Å². The van der Waals surface area contributed by atoms with Crippen LogP contribution in [-0.4, -0.2) is 63.5 Å². The lowest BCUT2D eigenvalue weighted by atomic mass is 9.94. The van der Waals surface area contributed by atoms with Crippen molar-refractivity contribution in [1.29, 1.82) is 0 Å². The highest BCUT2D eigenvalue weighted by atomic mass is 35.5. The predicted molar refractivity (Wildman–Crippen MR) is 160 cm³/mol. The molecule has 6 N–H and O–H groups in total. The molecule has 1 aromatic heterocycles. The SMILES string of the molecule is O=C(CC1CCNCC1)Nc1ccc2cc1CCc1cccc(c1)Nc1ncc(Cl)c(n1)N2.O=C(O)C(F)(F)F.O=C(O)C(F)(F)F. The maximum Gasteiger partial charge on any atom is 0.490 e. The van der Waals surface area contributed by atoms with Crippen LogP contribution < -0.4 is 21.3 Å². The van der Waals surface area contributed by atoms with Crippen LogP contribution in [0.1, 0.15) is 30.4 Å². The number of fused-ring (bicyclic) bond motifs is 6. The number of hydrogen-bond donors (Lipinski definition) is 6. The summed E-state index contributed by atoms with van der Waals surface area (Å²) >= 11 is 6.35. The summed E-state index contributed by atoms with van der Waals surface area (Å²) in [4.78, 5) is 39.4. The van der Waals surface area contributed by atoms with Crippen LogP contribution in [0, 0.1) is 5.92 Å². The van der Waals surface area contributed by atoms with Gasteiger partial charge in [-0.15, -0.1) is 0 Å². The summed E-state index contributed by atoms with van der Waals surface area (Å²) in [6.45, 7) is 1.98. The monoisotopic (exact) mass is 690 g/mol. The average Bonchev–Trinajstić information content (AvgIpc) is 2.99. The second kappa shape index (κ2) is 16.3. The third-order valence-electron chi connectivity index (χ3n) is 6.67. The Morgan fingerprint density at radius 1 is 0.894 bits per heavy atom. The van der Waals surface area contributed by atoms with Crippen molar-refractivity contribution in [3.8, 4) is 0 Å². The normalized spacial score (nSPS) is 14.4. The van der Waals surface area contributed by atoms with Crippen molar-refractivity contribution in [2.75, 3.05) is 29.0 Å². The van der Waals surface area contributed by atoms with Gasteiger partial charge in [-0.1, -0.05) is 23.7 Å². The van der Waals surface area contributed by atoms with Crippen LogP contribution in [0.2, 0.25) is 5.02 Å². The number of anilines is 5. The second-order valence-corrected chi connectivity index (χ2v) is 10.7. The Bertz CT molecular complexity index is 1540. The first kappa shape index (κ1) is 36.8. The third-order valence-corrected chi connectivity index (χ3v) is 6.95. The molecule has 11 nitrogen and oxygen atoms in total. The first-order valence-corrected chi connectivity index (χ1v) is 14.3. The van der Waals surface area contributed by atoms with Crippen LogP contribution in [0.5, 0.6) is 0 Å². The van der Waals surface area contributed by atoms with E-state index in [1.54, 1.807) is 6.20 Å². The molecule has 0 atom stereocenters. The fourth-order valence-corrected chi connectivity index (χ4v) is 4.55. The molecule has 1 fully saturated rings. The Morgan fingerprint density at radius 3 is 2.13 bits per heavy atom. The van der Waals surface area contributed by atoms with Gasteiger partial charge in [0.2, 0.25) is 11.9 Å². The quantitative estimate of drug-likeness (QED) is 0.172. The Hall–Kier alpha value is -4.64. The first-order chi connectivity index (χ1) is 22.0. The number of carbonyl (C=O) groups is 3. The highest BCUT2D eigenvalue weighted by Crippen LogP contribution is 2.30. The van der Waals surface area contributed by atoms with Gasteiger partial charge in [-0.05, 0) is 86.1 Å². The minimum absolute atomic E-state index is 0.0801. The van der Waals surface area contributed by atoms with Gasteiger partial charge in [0.15, 0.2) is 5.82 Å². The van der Waals surface area contributed by atoms with Crippen LogP contribution in [0.15, 0.2) is 48.7 Å².